The third-order valence-corrected chi connectivity index (χ3v) is 2.94. The van der Waals surface area contributed by atoms with Crippen LogP contribution in [0.3, 0.4) is 0 Å². The second kappa shape index (κ2) is 6.49. The van der Waals surface area contributed by atoms with Gasteiger partial charge in [0.1, 0.15) is 0 Å². The Balaban J connectivity index is 2.09. The summed E-state index contributed by atoms with van der Waals surface area (Å²) in [5, 5.41) is 8.81. The Hall–Kier alpha value is -2.93. The molecule has 2 aromatic rings. The first-order valence-electron chi connectivity index (χ1n) is 6.42. The molecule has 0 radical (unpaired) electrons. The van der Waals surface area contributed by atoms with Crippen molar-refractivity contribution in [1.29, 1.82) is 5.26 Å². The summed E-state index contributed by atoms with van der Waals surface area (Å²) in [5.41, 5.74) is 1.11. The topological polar surface area (TPSA) is 67.2 Å². The van der Waals surface area contributed by atoms with Gasteiger partial charge in [-0.2, -0.15) is 5.26 Å². The van der Waals surface area contributed by atoms with Crippen molar-refractivity contribution in [3.63, 3.8) is 0 Å². The maximum absolute atomic E-state index is 12.1. The van der Waals surface area contributed by atoms with Gasteiger partial charge in [0, 0.05) is 5.56 Å². The molecule has 4 nitrogen and oxygen atoms in total. The van der Waals surface area contributed by atoms with Crippen LogP contribution in [0.25, 0.3) is 0 Å². The molecule has 21 heavy (non-hydrogen) atoms. The molecule has 0 saturated carbocycles. The molecule has 1 unspecified atom stereocenters. The van der Waals surface area contributed by atoms with Crippen molar-refractivity contribution in [3.8, 4) is 6.07 Å². The number of hydrogen-bond donors (Lipinski definition) is 0. The molecular formula is C17H13NO3. The van der Waals surface area contributed by atoms with E-state index in [2.05, 4.69) is 0 Å². The molecule has 2 rings (SSSR count). The molecule has 0 spiro atoms. The highest BCUT2D eigenvalue weighted by atomic mass is 16.5. The van der Waals surface area contributed by atoms with E-state index in [0.29, 0.717) is 11.1 Å². The largest absolute Gasteiger partial charge is 0.451 e. The smallest absolute Gasteiger partial charge is 0.338 e. The molecule has 0 heterocycles. The Kier molecular flexibility index (Phi) is 4.47. The zero-order valence-electron chi connectivity index (χ0n) is 11.4. The molecule has 0 aliphatic heterocycles. The van der Waals surface area contributed by atoms with E-state index in [1.807, 2.05) is 6.07 Å². The van der Waals surface area contributed by atoms with Crippen LogP contribution in [0.2, 0.25) is 0 Å². The lowest BCUT2D eigenvalue weighted by atomic mass is 10.1. The van der Waals surface area contributed by atoms with Crippen LogP contribution in [0.5, 0.6) is 0 Å². The van der Waals surface area contributed by atoms with Gasteiger partial charge in [-0.05, 0) is 25.1 Å². The maximum atomic E-state index is 12.1. The summed E-state index contributed by atoms with van der Waals surface area (Å²) in [4.78, 5) is 24.1. The minimum absolute atomic E-state index is 0.252. The fourth-order valence-electron chi connectivity index (χ4n) is 1.83. The molecule has 4 heteroatoms. The van der Waals surface area contributed by atoms with Gasteiger partial charge in [0.2, 0.25) is 5.78 Å². The molecule has 1 atom stereocenters. The van der Waals surface area contributed by atoms with Crippen LogP contribution >= 0.6 is 0 Å². The molecule has 0 aliphatic carbocycles. The Morgan fingerprint density at radius 1 is 1.05 bits per heavy atom. The van der Waals surface area contributed by atoms with E-state index in [9.17, 15) is 9.59 Å². The van der Waals surface area contributed by atoms with Gasteiger partial charge >= 0.3 is 5.97 Å². The maximum Gasteiger partial charge on any atom is 0.338 e. The monoisotopic (exact) mass is 279 g/mol. The Morgan fingerprint density at radius 2 is 1.71 bits per heavy atom. The summed E-state index contributed by atoms with van der Waals surface area (Å²) in [6.07, 6.45) is -0.884. The molecule has 0 aliphatic rings. The fraction of sp³-hybridized carbons (Fsp3) is 0.118. The first kappa shape index (κ1) is 14.5. The van der Waals surface area contributed by atoms with Crippen molar-refractivity contribution in [3.05, 3.63) is 71.3 Å². The van der Waals surface area contributed by atoms with E-state index in [4.69, 9.17) is 10.00 Å². The van der Waals surface area contributed by atoms with E-state index in [1.165, 1.54) is 13.0 Å². The van der Waals surface area contributed by atoms with Crippen LogP contribution < -0.4 is 0 Å². The van der Waals surface area contributed by atoms with E-state index >= 15 is 0 Å². The summed E-state index contributed by atoms with van der Waals surface area (Å²) < 4.78 is 5.15. The number of ketones is 1. The second-order valence-corrected chi connectivity index (χ2v) is 4.47. The van der Waals surface area contributed by atoms with Gasteiger partial charge in [-0.25, -0.2) is 4.79 Å². The van der Waals surface area contributed by atoms with Gasteiger partial charge in [-0.15, -0.1) is 0 Å². The normalized spacial score (nSPS) is 11.2. The number of esters is 1. The molecule has 0 bridgehead atoms. The lowest BCUT2D eigenvalue weighted by Gasteiger charge is -2.12. The van der Waals surface area contributed by atoms with Crippen molar-refractivity contribution in [2.75, 3.05) is 0 Å². The van der Waals surface area contributed by atoms with Crippen LogP contribution in [0, 0.1) is 11.3 Å². The van der Waals surface area contributed by atoms with Gasteiger partial charge in [0.25, 0.3) is 0 Å². The average Bonchev–Trinajstić information content (AvgIpc) is 2.54. The number of carbonyl (C=O) groups is 2. The Morgan fingerprint density at radius 3 is 2.38 bits per heavy atom. The van der Waals surface area contributed by atoms with Crippen LogP contribution in [0.1, 0.15) is 33.2 Å². The lowest BCUT2D eigenvalue weighted by molar-refractivity contribution is 0.0319. The van der Waals surface area contributed by atoms with E-state index in [-0.39, 0.29) is 11.3 Å². The van der Waals surface area contributed by atoms with Crippen molar-refractivity contribution in [2.24, 2.45) is 0 Å². The molecule has 0 saturated heterocycles. The molecule has 0 aromatic heterocycles. The third kappa shape index (κ3) is 3.54. The number of nitrogens with zero attached hydrogens (tertiary/aromatic N) is 1. The van der Waals surface area contributed by atoms with Gasteiger partial charge in [-0.1, -0.05) is 36.4 Å². The van der Waals surface area contributed by atoms with Gasteiger partial charge < -0.3 is 4.74 Å². The molecule has 0 amide bonds. The quantitative estimate of drug-likeness (QED) is 0.637. The van der Waals surface area contributed by atoms with Gasteiger partial charge in [-0.3, -0.25) is 4.79 Å². The number of carbonyl (C=O) groups excluding carboxylic acids is 2. The number of rotatable bonds is 4. The summed E-state index contributed by atoms with van der Waals surface area (Å²) in [7, 11) is 0. The number of ether oxygens (including phenoxy) is 1. The van der Waals surface area contributed by atoms with Crippen LogP contribution in [0.15, 0.2) is 54.6 Å². The van der Waals surface area contributed by atoms with Gasteiger partial charge in [0.15, 0.2) is 6.10 Å². The van der Waals surface area contributed by atoms with Crippen molar-refractivity contribution >= 4 is 11.8 Å². The fourth-order valence-corrected chi connectivity index (χ4v) is 1.83. The van der Waals surface area contributed by atoms with Crippen LogP contribution in [-0.4, -0.2) is 17.9 Å². The standard InChI is InChI=1S/C17H13NO3/c1-12(16(19)14-7-3-2-4-8-14)21-17(20)15-9-5-6-13(10-15)11-18/h2-10,12H,1H3. The first-order chi connectivity index (χ1) is 10.1. The summed E-state index contributed by atoms with van der Waals surface area (Å²) in [6.45, 7) is 1.53. The van der Waals surface area contributed by atoms with Crippen molar-refractivity contribution < 1.29 is 14.3 Å². The molecule has 2 aromatic carbocycles. The predicted molar refractivity (Wildman–Crippen MR) is 76.8 cm³/mol. The SMILES string of the molecule is CC(OC(=O)c1cccc(C#N)c1)C(=O)c1ccccc1. The van der Waals surface area contributed by atoms with Gasteiger partial charge in [0.05, 0.1) is 17.2 Å². The summed E-state index contributed by atoms with van der Waals surface area (Å²) in [5.74, 6) is -0.885. The van der Waals surface area contributed by atoms with Crippen LogP contribution in [0.4, 0.5) is 0 Å². The minimum atomic E-state index is -0.884. The van der Waals surface area contributed by atoms with E-state index in [0.717, 1.165) is 0 Å². The number of nitriles is 1. The number of benzene rings is 2. The van der Waals surface area contributed by atoms with Crippen molar-refractivity contribution in [1.82, 2.24) is 0 Å². The highest BCUT2D eigenvalue weighted by Gasteiger charge is 2.20. The lowest BCUT2D eigenvalue weighted by Crippen LogP contribution is -2.24. The second-order valence-electron chi connectivity index (χ2n) is 4.47. The van der Waals surface area contributed by atoms with Crippen molar-refractivity contribution in [2.45, 2.75) is 13.0 Å². The predicted octanol–water partition coefficient (Wildman–Crippen LogP) is 2.99. The Labute approximate surface area is 122 Å². The summed E-state index contributed by atoms with van der Waals surface area (Å²) >= 11 is 0. The molecule has 0 N–H and O–H groups in total. The molecular weight excluding hydrogens is 266 g/mol. The summed E-state index contributed by atoms with van der Waals surface area (Å²) in [6, 6.07) is 16.8. The molecule has 104 valence electrons. The highest BCUT2D eigenvalue weighted by molar-refractivity contribution is 6.01. The zero-order valence-corrected chi connectivity index (χ0v) is 11.4. The minimum Gasteiger partial charge on any atom is -0.451 e. The van der Waals surface area contributed by atoms with Crippen LogP contribution in [-0.2, 0) is 4.74 Å². The zero-order chi connectivity index (χ0) is 15.2. The third-order valence-electron chi connectivity index (χ3n) is 2.94. The Bertz CT molecular complexity index is 701. The van der Waals surface area contributed by atoms with E-state index < -0.39 is 12.1 Å². The average molecular weight is 279 g/mol. The number of Topliss-reactive ketones (excluding diaryl/α,β-unsaturated/α-hetero) is 1. The first-order valence-corrected chi connectivity index (χ1v) is 6.42. The number of hydrogen-bond acceptors (Lipinski definition) is 4. The highest BCUT2D eigenvalue weighted by Crippen LogP contribution is 2.11. The molecule has 0 fully saturated rings. The van der Waals surface area contributed by atoms with E-state index in [1.54, 1.807) is 48.5 Å².